The second-order valence-electron chi connectivity index (χ2n) is 9.38. The second-order valence-corrected chi connectivity index (χ2v) is 9.38. The maximum atomic E-state index is 11.9. The van der Waals surface area contributed by atoms with Crippen LogP contribution in [0.5, 0.6) is 0 Å². The highest BCUT2D eigenvalue weighted by atomic mass is 16.6. The first-order valence-corrected chi connectivity index (χ1v) is 11.6. The lowest BCUT2D eigenvalue weighted by Crippen LogP contribution is -2.39. The average molecular weight is 427 g/mol. The number of nitrogens with zero attached hydrogens (tertiary/aromatic N) is 2. The van der Waals surface area contributed by atoms with Crippen molar-refractivity contribution in [1.82, 2.24) is 0 Å². The minimum Gasteiger partial charge on any atom is -0.382 e. The van der Waals surface area contributed by atoms with E-state index in [1.165, 1.54) is 0 Å². The summed E-state index contributed by atoms with van der Waals surface area (Å²) in [5, 5.41) is 28.6. The summed E-state index contributed by atoms with van der Waals surface area (Å²) in [6.45, 7) is 1.56. The zero-order chi connectivity index (χ0) is 21.4. The third-order valence-corrected chi connectivity index (χ3v) is 7.67. The molecule has 1 aromatic rings. The SMILES string of the molecule is N#Cc1cc(NC2CCCC3OCCC23)cc(NC2CCCC3OCCC23)c1[N+](=O)[O-]. The van der Waals surface area contributed by atoms with Crippen molar-refractivity contribution in [1.29, 1.82) is 5.26 Å². The number of benzene rings is 1. The number of nitro benzene ring substituents is 1. The molecule has 6 atom stereocenters. The van der Waals surface area contributed by atoms with E-state index in [-0.39, 0.29) is 29.4 Å². The van der Waals surface area contributed by atoms with Gasteiger partial charge in [-0.05, 0) is 63.5 Å². The molecule has 2 aliphatic carbocycles. The Kier molecular flexibility index (Phi) is 5.72. The first kappa shape index (κ1) is 20.5. The van der Waals surface area contributed by atoms with Gasteiger partial charge in [-0.15, -0.1) is 0 Å². The third-order valence-electron chi connectivity index (χ3n) is 7.67. The fraction of sp³-hybridized carbons (Fsp3) is 0.696. The van der Waals surface area contributed by atoms with Crippen molar-refractivity contribution in [3.8, 4) is 6.07 Å². The number of rotatable bonds is 5. The van der Waals surface area contributed by atoms with E-state index in [0.29, 0.717) is 23.6 Å². The number of hydrogen-bond acceptors (Lipinski definition) is 7. The summed E-state index contributed by atoms with van der Waals surface area (Å²) in [4.78, 5) is 11.4. The molecule has 0 amide bonds. The van der Waals surface area contributed by atoms with E-state index in [1.807, 2.05) is 6.07 Å². The van der Waals surface area contributed by atoms with Crippen LogP contribution >= 0.6 is 0 Å². The van der Waals surface area contributed by atoms with E-state index in [2.05, 4.69) is 16.7 Å². The molecule has 1 aromatic carbocycles. The lowest BCUT2D eigenvalue weighted by Gasteiger charge is -2.35. The molecule has 2 saturated heterocycles. The summed E-state index contributed by atoms with van der Waals surface area (Å²) < 4.78 is 11.7. The highest BCUT2D eigenvalue weighted by Gasteiger charge is 2.40. The number of ether oxygens (including phenoxy) is 2. The minimum absolute atomic E-state index is 0.0996. The molecule has 2 N–H and O–H groups in total. The number of hydrogen-bond donors (Lipinski definition) is 2. The summed E-state index contributed by atoms with van der Waals surface area (Å²) in [6.07, 6.45) is 8.88. The Morgan fingerprint density at radius 3 is 2.13 bits per heavy atom. The fourth-order valence-corrected chi connectivity index (χ4v) is 6.23. The highest BCUT2D eigenvalue weighted by molar-refractivity contribution is 5.75. The van der Waals surface area contributed by atoms with Crippen LogP contribution in [0.4, 0.5) is 17.1 Å². The molecular weight excluding hydrogens is 396 g/mol. The molecule has 0 radical (unpaired) electrons. The quantitative estimate of drug-likeness (QED) is 0.536. The third kappa shape index (κ3) is 3.97. The molecule has 0 bridgehead atoms. The van der Waals surface area contributed by atoms with E-state index >= 15 is 0 Å². The topological polar surface area (TPSA) is 109 Å². The van der Waals surface area contributed by atoms with Crippen molar-refractivity contribution in [3.05, 3.63) is 27.8 Å². The van der Waals surface area contributed by atoms with Gasteiger partial charge in [0.15, 0.2) is 0 Å². The molecule has 2 aliphatic heterocycles. The molecule has 8 nitrogen and oxygen atoms in total. The van der Waals surface area contributed by atoms with Crippen molar-refractivity contribution < 1.29 is 14.4 Å². The molecular formula is C23H30N4O4. The van der Waals surface area contributed by atoms with Crippen LogP contribution in [0.2, 0.25) is 0 Å². The van der Waals surface area contributed by atoms with Crippen LogP contribution in [0.15, 0.2) is 12.1 Å². The highest BCUT2D eigenvalue weighted by Crippen LogP contribution is 2.41. The minimum atomic E-state index is -0.433. The van der Waals surface area contributed by atoms with Gasteiger partial charge in [-0.3, -0.25) is 10.1 Å². The molecule has 6 unspecified atom stereocenters. The smallest absolute Gasteiger partial charge is 0.310 e. The van der Waals surface area contributed by atoms with Gasteiger partial charge in [-0.25, -0.2) is 0 Å². The van der Waals surface area contributed by atoms with Gasteiger partial charge in [0.25, 0.3) is 0 Å². The number of fused-ring (bicyclic) bond motifs is 2. The Bertz CT molecular complexity index is 885. The predicted octanol–water partition coefficient (Wildman–Crippen LogP) is 4.21. The Hall–Kier alpha value is -2.37. The van der Waals surface area contributed by atoms with E-state index in [4.69, 9.17) is 9.47 Å². The zero-order valence-electron chi connectivity index (χ0n) is 17.7. The van der Waals surface area contributed by atoms with Crippen LogP contribution in [0, 0.1) is 33.3 Å². The maximum absolute atomic E-state index is 11.9. The predicted molar refractivity (Wildman–Crippen MR) is 116 cm³/mol. The maximum Gasteiger partial charge on any atom is 0.310 e. The second kappa shape index (κ2) is 8.64. The summed E-state index contributed by atoms with van der Waals surface area (Å²) in [5.41, 5.74) is 1.19. The lowest BCUT2D eigenvalue weighted by molar-refractivity contribution is -0.384. The van der Waals surface area contributed by atoms with Crippen molar-refractivity contribution in [3.63, 3.8) is 0 Å². The van der Waals surface area contributed by atoms with Gasteiger partial charge in [-0.1, -0.05) is 0 Å². The van der Waals surface area contributed by atoms with Crippen LogP contribution in [0.25, 0.3) is 0 Å². The Labute approximate surface area is 182 Å². The largest absolute Gasteiger partial charge is 0.382 e. The Morgan fingerprint density at radius 2 is 1.55 bits per heavy atom. The van der Waals surface area contributed by atoms with E-state index in [0.717, 1.165) is 70.3 Å². The Morgan fingerprint density at radius 1 is 0.935 bits per heavy atom. The molecule has 0 spiro atoms. The molecule has 5 rings (SSSR count). The van der Waals surface area contributed by atoms with Crippen LogP contribution in [0.3, 0.4) is 0 Å². The Balaban J connectivity index is 1.43. The summed E-state index contributed by atoms with van der Waals surface area (Å²) in [6, 6.07) is 5.91. The van der Waals surface area contributed by atoms with Gasteiger partial charge in [0.05, 0.1) is 17.1 Å². The van der Waals surface area contributed by atoms with Gasteiger partial charge < -0.3 is 20.1 Å². The van der Waals surface area contributed by atoms with E-state index in [1.54, 1.807) is 6.07 Å². The molecule has 2 heterocycles. The van der Waals surface area contributed by atoms with Gasteiger partial charge in [0.1, 0.15) is 17.3 Å². The molecule has 4 aliphatic rings. The van der Waals surface area contributed by atoms with Crippen molar-refractivity contribution in [2.45, 2.75) is 75.7 Å². The van der Waals surface area contributed by atoms with Crippen molar-refractivity contribution in [2.24, 2.45) is 11.8 Å². The monoisotopic (exact) mass is 426 g/mol. The molecule has 8 heteroatoms. The van der Waals surface area contributed by atoms with Crippen molar-refractivity contribution in [2.75, 3.05) is 23.8 Å². The van der Waals surface area contributed by atoms with Crippen LogP contribution in [0.1, 0.15) is 56.9 Å². The average Bonchev–Trinajstić information content (AvgIpc) is 3.43. The molecule has 31 heavy (non-hydrogen) atoms. The van der Waals surface area contributed by atoms with Crippen molar-refractivity contribution >= 4 is 17.1 Å². The molecule has 2 saturated carbocycles. The zero-order valence-corrected chi connectivity index (χ0v) is 17.7. The molecule has 166 valence electrons. The van der Waals surface area contributed by atoms with Gasteiger partial charge in [-0.2, -0.15) is 5.26 Å². The molecule has 4 fully saturated rings. The first-order valence-electron chi connectivity index (χ1n) is 11.6. The normalized spacial score (nSPS) is 34.4. The van der Waals surface area contributed by atoms with Crippen LogP contribution in [-0.4, -0.2) is 42.4 Å². The van der Waals surface area contributed by atoms with Crippen LogP contribution in [-0.2, 0) is 9.47 Å². The number of nitrogens with one attached hydrogen (secondary N) is 2. The van der Waals surface area contributed by atoms with E-state index in [9.17, 15) is 15.4 Å². The summed E-state index contributed by atoms with van der Waals surface area (Å²) >= 11 is 0. The standard InChI is InChI=1S/C23H30N4O4/c24-13-14-11-15(25-18-3-1-5-21-16(18)7-9-30-21)12-20(23(14)27(28)29)26-19-4-2-6-22-17(19)8-10-31-22/h11-12,16-19,21-22,25-26H,1-10H2. The first-order chi connectivity index (χ1) is 15.1. The van der Waals surface area contributed by atoms with Gasteiger partial charge in [0, 0.05) is 42.8 Å². The van der Waals surface area contributed by atoms with E-state index < -0.39 is 4.92 Å². The fourth-order valence-electron chi connectivity index (χ4n) is 6.23. The summed E-state index contributed by atoms with van der Waals surface area (Å²) in [5.74, 6) is 0.825. The lowest BCUT2D eigenvalue weighted by atomic mass is 9.81. The van der Waals surface area contributed by atoms with Crippen LogP contribution < -0.4 is 10.6 Å². The van der Waals surface area contributed by atoms with Gasteiger partial charge >= 0.3 is 5.69 Å². The number of anilines is 2. The number of nitriles is 1. The number of nitro groups is 1. The van der Waals surface area contributed by atoms with Gasteiger partial charge in [0.2, 0.25) is 0 Å². The molecule has 0 aromatic heterocycles. The summed E-state index contributed by atoms with van der Waals surface area (Å²) in [7, 11) is 0.